The van der Waals surface area contributed by atoms with Gasteiger partial charge in [0.1, 0.15) is 6.04 Å². The molecule has 1 heterocycles. The third-order valence-corrected chi connectivity index (χ3v) is 4.04. The number of hydrazine groups is 1. The van der Waals surface area contributed by atoms with Gasteiger partial charge in [-0.15, -0.1) is 0 Å². The van der Waals surface area contributed by atoms with Crippen molar-refractivity contribution < 1.29 is 9.53 Å². The van der Waals surface area contributed by atoms with Crippen LogP contribution in [0.3, 0.4) is 0 Å². The smallest absolute Gasteiger partial charge is 0.253 e. The molecule has 7 heteroatoms. The van der Waals surface area contributed by atoms with Crippen molar-refractivity contribution in [1.82, 2.24) is 10.3 Å². The lowest BCUT2D eigenvalue weighted by atomic mass is 10.2. The SMILES string of the molecule is COCC(C(=O)NN)N1CCN(c2ccccc2Cl)CC1. The summed E-state index contributed by atoms with van der Waals surface area (Å²) in [6, 6.07) is 7.44. The molecule has 0 spiro atoms. The van der Waals surface area contributed by atoms with Crippen molar-refractivity contribution in [2.45, 2.75) is 6.04 Å². The van der Waals surface area contributed by atoms with Gasteiger partial charge in [0.2, 0.25) is 0 Å². The summed E-state index contributed by atoms with van der Waals surface area (Å²) in [6.07, 6.45) is 0. The first-order valence-corrected chi connectivity index (χ1v) is 7.28. The van der Waals surface area contributed by atoms with Crippen molar-refractivity contribution in [3.05, 3.63) is 29.3 Å². The van der Waals surface area contributed by atoms with Crippen molar-refractivity contribution in [2.75, 3.05) is 44.8 Å². The molecule has 6 nitrogen and oxygen atoms in total. The van der Waals surface area contributed by atoms with Crippen LogP contribution >= 0.6 is 11.6 Å². The zero-order valence-corrected chi connectivity index (χ0v) is 12.8. The van der Waals surface area contributed by atoms with Crippen LogP contribution in [0.5, 0.6) is 0 Å². The quantitative estimate of drug-likeness (QED) is 0.470. The van der Waals surface area contributed by atoms with Gasteiger partial charge < -0.3 is 9.64 Å². The van der Waals surface area contributed by atoms with Crippen molar-refractivity contribution in [3.8, 4) is 0 Å². The minimum Gasteiger partial charge on any atom is -0.383 e. The number of piperazine rings is 1. The minimum atomic E-state index is -0.353. The number of carbonyl (C=O) groups excluding carboxylic acids is 1. The van der Waals surface area contributed by atoms with Crippen molar-refractivity contribution in [1.29, 1.82) is 0 Å². The molecule has 1 amide bonds. The molecule has 1 saturated heterocycles. The van der Waals surface area contributed by atoms with Gasteiger partial charge in [0, 0.05) is 33.3 Å². The summed E-state index contributed by atoms with van der Waals surface area (Å²) in [7, 11) is 1.58. The highest BCUT2D eigenvalue weighted by Crippen LogP contribution is 2.26. The molecule has 2 rings (SSSR count). The molecule has 0 bridgehead atoms. The largest absolute Gasteiger partial charge is 0.383 e. The number of amides is 1. The molecule has 1 atom stereocenters. The van der Waals surface area contributed by atoms with Crippen molar-refractivity contribution in [2.24, 2.45) is 5.84 Å². The Balaban J connectivity index is 1.99. The summed E-state index contributed by atoms with van der Waals surface area (Å²) in [6.45, 7) is 3.46. The van der Waals surface area contributed by atoms with Gasteiger partial charge in [-0.25, -0.2) is 5.84 Å². The number of hydrogen-bond acceptors (Lipinski definition) is 5. The van der Waals surface area contributed by atoms with E-state index < -0.39 is 0 Å². The number of ether oxygens (including phenoxy) is 1. The van der Waals surface area contributed by atoms with E-state index in [9.17, 15) is 4.79 Å². The Kier molecular flexibility index (Phi) is 5.81. The monoisotopic (exact) mass is 312 g/mol. The van der Waals surface area contributed by atoms with Crippen molar-refractivity contribution in [3.63, 3.8) is 0 Å². The number of nitrogens with two attached hydrogens (primary N) is 1. The predicted octanol–water partition coefficient (Wildman–Crippen LogP) is 0.467. The maximum Gasteiger partial charge on any atom is 0.253 e. The number of nitrogens with zero attached hydrogens (tertiary/aromatic N) is 2. The summed E-state index contributed by atoms with van der Waals surface area (Å²) in [5.74, 6) is 5.02. The normalized spacial score (nSPS) is 17.6. The summed E-state index contributed by atoms with van der Waals surface area (Å²) in [4.78, 5) is 16.1. The lowest BCUT2D eigenvalue weighted by Crippen LogP contribution is -2.57. The van der Waals surface area contributed by atoms with Crippen LogP contribution in [0.4, 0.5) is 5.69 Å². The van der Waals surface area contributed by atoms with Gasteiger partial charge in [0.15, 0.2) is 0 Å². The second-order valence-electron chi connectivity index (χ2n) is 4.95. The number of rotatable bonds is 5. The fraction of sp³-hybridized carbons (Fsp3) is 0.500. The van der Waals surface area contributed by atoms with E-state index in [1.165, 1.54) is 0 Å². The highest BCUT2D eigenvalue weighted by Gasteiger charge is 2.29. The van der Waals surface area contributed by atoms with E-state index >= 15 is 0 Å². The van der Waals surface area contributed by atoms with Crippen LogP contribution < -0.4 is 16.2 Å². The number of carbonyl (C=O) groups is 1. The maximum atomic E-state index is 11.8. The first kappa shape index (κ1) is 16.0. The van der Waals surface area contributed by atoms with Crippen LogP contribution in [-0.2, 0) is 9.53 Å². The Hall–Kier alpha value is -1.34. The minimum absolute atomic E-state index is 0.219. The Labute approximate surface area is 129 Å². The maximum absolute atomic E-state index is 11.8. The van der Waals surface area contributed by atoms with Gasteiger partial charge in [-0.1, -0.05) is 23.7 Å². The molecule has 0 aliphatic carbocycles. The fourth-order valence-corrected chi connectivity index (χ4v) is 2.84. The van der Waals surface area contributed by atoms with Crippen LogP contribution in [0.25, 0.3) is 0 Å². The average molecular weight is 313 g/mol. The number of methoxy groups -OCH3 is 1. The molecule has 1 aromatic rings. The first-order chi connectivity index (χ1) is 10.2. The van der Waals surface area contributed by atoms with Gasteiger partial charge in [0.05, 0.1) is 17.3 Å². The zero-order chi connectivity index (χ0) is 15.2. The molecule has 1 aromatic carbocycles. The van der Waals surface area contributed by atoms with E-state index in [-0.39, 0.29) is 11.9 Å². The number of hydrogen-bond donors (Lipinski definition) is 2. The van der Waals surface area contributed by atoms with Gasteiger partial charge in [-0.2, -0.15) is 0 Å². The molecule has 3 N–H and O–H groups in total. The lowest BCUT2D eigenvalue weighted by Gasteiger charge is -2.39. The Morgan fingerprint density at radius 3 is 2.62 bits per heavy atom. The molecular weight excluding hydrogens is 292 g/mol. The van der Waals surface area contributed by atoms with Crippen molar-refractivity contribution >= 4 is 23.2 Å². The molecule has 116 valence electrons. The molecular formula is C14H21ClN4O2. The summed E-state index contributed by atoms with van der Waals surface area (Å²) >= 11 is 6.22. The second kappa shape index (κ2) is 7.61. The fourth-order valence-electron chi connectivity index (χ4n) is 2.58. The standard InChI is InChI=1S/C14H21ClN4O2/c1-21-10-13(14(20)17-16)19-8-6-18(7-9-19)12-5-3-2-4-11(12)15/h2-5,13H,6-10,16H2,1H3,(H,17,20). The third-order valence-electron chi connectivity index (χ3n) is 3.72. The van der Waals surface area contributed by atoms with Crippen LogP contribution in [0.1, 0.15) is 0 Å². The number of para-hydroxylation sites is 1. The van der Waals surface area contributed by atoms with Crippen LogP contribution in [0.15, 0.2) is 24.3 Å². The van der Waals surface area contributed by atoms with E-state index in [1.54, 1.807) is 7.11 Å². The zero-order valence-electron chi connectivity index (χ0n) is 12.1. The predicted molar refractivity (Wildman–Crippen MR) is 83.2 cm³/mol. The number of anilines is 1. The summed E-state index contributed by atoms with van der Waals surface area (Å²) in [5, 5.41) is 0.749. The van der Waals surface area contributed by atoms with Gasteiger partial charge >= 0.3 is 0 Å². The third kappa shape index (κ3) is 3.85. The number of nitrogens with one attached hydrogen (secondary N) is 1. The molecule has 0 saturated carbocycles. The first-order valence-electron chi connectivity index (χ1n) is 6.90. The Bertz CT molecular complexity index is 478. The van der Waals surface area contributed by atoms with Crippen LogP contribution in [0.2, 0.25) is 5.02 Å². The number of benzene rings is 1. The highest BCUT2D eigenvalue weighted by atomic mass is 35.5. The summed E-state index contributed by atoms with van der Waals surface area (Å²) in [5.41, 5.74) is 3.24. The van der Waals surface area contributed by atoms with Gasteiger partial charge in [-0.3, -0.25) is 15.1 Å². The Morgan fingerprint density at radius 1 is 1.38 bits per heavy atom. The van der Waals surface area contributed by atoms with E-state index in [0.717, 1.165) is 36.9 Å². The van der Waals surface area contributed by atoms with E-state index in [4.69, 9.17) is 22.2 Å². The molecule has 0 aromatic heterocycles. The summed E-state index contributed by atoms with van der Waals surface area (Å²) < 4.78 is 5.12. The van der Waals surface area contributed by atoms with Crippen LogP contribution in [0, 0.1) is 0 Å². The van der Waals surface area contributed by atoms with E-state index in [0.29, 0.717) is 6.61 Å². The Morgan fingerprint density at radius 2 is 2.05 bits per heavy atom. The van der Waals surface area contributed by atoms with Gasteiger partial charge in [-0.05, 0) is 12.1 Å². The number of halogens is 1. The topological polar surface area (TPSA) is 70.8 Å². The average Bonchev–Trinajstić information content (AvgIpc) is 2.53. The molecule has 1 aliphatic rings. The van der Waals surface area contributed by atoms with Crippen LogP contribution in [-0.4, -0.2) is 56.7 Å². The molecule has 21 heavy (non-hydrogen) atoms. The molecule has 1 aliphatic heterocycles. The second-order valence-corrected chi connectivity index (χ2v) is 5.36. The van der Waals surface area contributed by atoms with E-state index in [2.05, 4.69) is 15.2 Å². The lowest BCUT2D eigenvalue weighted by molar-refractivity contribution is -0.128. The van der Waals surface area contributed by atoms with E-state index in [1.807, 2.05) is 24.3 Å². The molecule has 1 fully saturated rings. The molecule has 1 unspecified atom stereocenters. The highest BCUT2D eigenvalue weighted by molar-refractivity contribution is 6.33. The molecule has 0 radical (unpaired) electrons. The van der Waals surface area contributed by atoms with Gasteiger partial charge in [0.25, 0.3) is 5.91 Å².